The molecule has 0 saturated carbocycles. The van der Waals surface area contributed by atoms with Gasteiger partial charge in [-0.15, -0.1) is 11.6 Å². The summed E-state index contributed by atoms with van der Waals surface area (Å²) in [5.74, 6) is 1.09. The molecule has 0 bridgehead atoms. The van der Waals surface area contributed by atoms with E-state index in [1.54, 1.807) is 12.1 Å². The summed E-state index contributed by atoms with van der Waals surface area (Å²) in [6.45, 7) is -1.38. The summed E-state index contributed by atoms with van der Waals surface area (Å²) in [5.41, 5.74) is 0.634. The molecule has 3 nitrogen and oxygen atoms in total. The maximum atomic E-state index is 12.0. The minimum Gasteiger partial charge on any atom is -0.496 e. The van der Waals surface area contributed by atoms with Crippen molar-refractivity contribution in [3.05, 3.63) is 22.2 Å². The normalized spacial score (nSPS) is 13.1. The summed E-state index contributed by atoms with van der Waals surface area (Å²) < 4.78 is 51.5. The third kappa shape index (κ3) is 5.92. The van der Waals surface area contributed by atoms with Crippen LogP contribution < -0.4 is 9.47 Å². The molecule has 1 rings (SSSR count). The van der Waals surface area contributed by atoms with E-state index in [0.717, 1.165) is 0 Å². The van der Waals surface area contributed by atoms with Gasteiger partial charge in [-0.1, -0.05) is 0 Å². The van der Waals surface area contributed by atoms with Crippen LogP contribution in [0.4, 0.5) is 13.2 Å². The lowest BCUT2D eigenvalue weighted by Gasteiger charge is -2.16. The molecule has 0 spiro atoms. The molecule has 0 heterocycles. The smallest absolute Gasteiger partial charge is 0.411 e. The second-order valence-electron chi connectivity index (χ2n) is 4.15. The number of rotatable bonds is 7. The molecule has 0 aliphatic heterocycles. The first-order chi connectivity index (χ1) is 9.78. The maximum Gasteiger partial charge on any atom is 0.411 e. The van der Waals surface area contributed by atoms with Crippen LogP contribution in [0.2, 0.25) is 0 Å². The van der Waals surface area contributed by atoms with Crippen LogP contribution in [0.15, 0.2) is 16.6 Å². The quantitative estimate of drug-likeness (QED) is 0.497. The van der Waals surface area contributed by atoms with E-state index in [-0.39, 0.29) is 13.0 Å². The van der Waals surface area contributed by atoms with Gasteiger partial charge in [-0.05, 0) is 34.5 Å². The van der Waals surface area contributed by atoms with Crippen molar-refractivity contribution in [3.63, 3.8) is 0 Å². The highest BCUT2D eigenvalue weighted by Gasteiger charge is 2.27. The van der Waals surface area contributed by atoms with Gasteiger partial charge in [0, 0.05) is 12.2 Å². The molecule has 0 saturated heterocycles. The van der Waals surface area contributed by atoms with Crippen molar-refractivity contribution >= 4 is 27.5 Å². The molecule has 1 aromatic rings. The van der Waals surface area contributed by atoms with Gasteiger partial charge in [0.05, 0.1) is 24.1 Å². The van der Waals surface area contributed by atoms with Crippen LogP contribution in [0.1, 0.15) is 17.4 Å². The Hall–Kier alpha value is -0.660. The molecule has 0 fully saturated rings. The molecule has 8 heteroatoms. The highest BCUT2D eigenvalue weighted by molar-refractivity contribution is 9.10. The fourth-order valence-electron chi connectivity index (χ4n) is 1.66. The van der Waals surface area contributed by atoms with Gasteiger partial charge in [-0.3, -0.25) is 0 Å². The lowest BCUT2D eigenvalue weighted by atomic mass is 10.1. The van der Waals surface area contributed by atoms with Crippen LogP contribution in [0.3, 0.4) is 0 Å². The predicted octanol–water partition coefficient (Wildman–Crippen LogP) is 4.72. The Balaban J connectivity index is 2.70. The zero-order chi connectivity index (χ0) is 16.0. The Labute approximate surface area is 134 Å². The van der Waals surface area contributed by atoms with Crippen LogP contribution in [-0.2, 0) is 4.74 Å². The van der Waals surface area contributed by atoms with Crippen molar-refractivity contribution < 1.29 is 27.4 Å². The summed E-state index contributed by atoms with van der Waals surface area (Å²) in [4.78, 5) is 0. The number of benzene rings is 1. The average Bonchev–Trinajstić information content (AvgIpc) is 2.41. The van der Waals surface area contributed by atoms with Gasteiger partial charge in [0.2, 0.25) is 0 Å². The van der Waals surface area contributed by atoms with Gasteiger partial charge < -0.3 is 14.2 Å². The van der Waals surface area contributed by atoms with Crippen LogP contribution >= 0.6 is 27.5 Å². The van der Waals surface area contributed by atoms with Crippen molar-refractivity contribution in [1.29, 1.82) is 0 Å². The summed E-state index contributed by atoms with van der Waals surface area (Å²) >= 11 is 9.53. The van der Waals surface area contributed by atoms with Gasteiger partial charge in [0.25, 0.3) is 0 Å². The average molecular weight is 392 g/mol. The minimum atomic E-state index is -4.33. The van der Waals surface area contributed by atoms with Crippen LogP contribution in [0.25, 0.3) is 0 Å². The number of halogens is 5. The highest BCUT2D eigenvalue weighted by Crippen LogP contribution is 2.39. The van der Waals surface area contributed by atoms with Gasteiger partial charge in [0.1, 0.15) is 18.1 Å². The van der Waals surface area contributed by atoms with E-state index in [9.17, 15) is 13.2 Å². The molecule has 1 unspecified atom stereocenters. The largest absolute Gasteiger partial charge is 0.496 e. The number of hydrogen-bond acceptors (Lipinski definition) is 3. The number of ether oxygens (including phenoxy) is 3. The van der Waals surface area contributed by atoms with E-state index >= 15 is 0 Å². The molecule has 0 amide bonds. The second kappa shape index (κ2) is 8.10. The lowest BCUT2D eigenvalue weighted by Crippen LogP contribution is -2.17. The summed E-state index contributed by atoms with van der Waals surface area (Å²) in [6.07, 6.45) is -4.11. The van der Waals surface area contributed by atoms with Crippen molar-refractivity contribution in [1.82, 2.24) is 0 Å². The van der Waals surface area contributed by atoms with Gasteiger partial charge >= 0.3 is 6.18 Å². The molecule has 1 aromatic carbocycles. The molecule has 0 aromatic heterocycles. The number of alkyl halides is 4. The molecular weight excluding hydrogens is 376 g/mol. The first kappa shape index (κ1) is 18.4. The Morgan fingerprint density at radius 2 is 1.81 bits per heavy atom. The molecule has 120 valence electrons. The fourth-order valence-corrected chi connectivity index (χ4v) is 2.40. The second-order valence-corrected chi connectivity index (χ2v) is 5.53. The zero-order valence-corrected chi connectivity index (χ0v) is 13.8. The van der Waals surface area contributed by atoms with Crippen molar-refractivity contribution in [2.75, 3.05) is 27.4 Å². The van der Waals surface area contributed by atoms with E-state index in [0.29, 0.717) is 21.5 Å². The third-order valence-corrected chi connectivity index (χ3v) is 3.70. The molecule has 1 atom stereocenters. The topological polar surface area (TPSA) is 27.7 Å². The van der Waals surface area contributed by atoms with Crippen molar-refractivity contribution in [2.24, 2.45) is 0 Å². The number of methoxy groups -OCH3 is 2. The van der Waals surface area contributed by atoms with Crippen LogP contribution in [0, 0.1) is 0 Å². The number of hydrogen-bond donors (Lipinski definition) is 0. The van der Waals surface area contributed by atoms with E-state index in [1.807, 2.05) is 0 Å². The van der Waals surface area contributed by atoms with Gasteiger partial charge in [-0.25, -0.2) is 0 Å². The molecule has 0 radical (unpaired) electrons. The molecule has 21 heavy (non-hydrogen) atoms. The molecular formula is C13H15BrClF3O3. The first-order valence-electron chi connectivity index (χ1n) is 5.98. The van der Waals surface area contributed by atoms with E-state index in [2.05, 4.69) is 20.7 Å². The van der Waals surface area contributed by atoms with Gasteiger partial charge in [0.15, 0.2) is 0 Å². The summed E-state index contributed by atoms with van der Waals surface area (Å²) in [6, 6.07) is 3.38. The van der Waals surface area contributed by atoms with E-state index in [4.69, 9.17) is 21.1 Å². The van der Waals surface area contributed by atoms with Crippen LogP contribution in [0.5, 0.6) is 11.5 Å². The van der Waals surface area contributed by atoms with E-state index in [1.165, 1.54) is 14.2 Å². The Morgan fingerprint density at radius 3 is 2.33 bits per heavy atom. The minimum absolute atomic E-state index is 0.102. The monoisotopic (exact) mass is 390 g/mol. The first-order valence-corrected chi connectivity index (χ1v) is 7.21. The summed E-state index contributed by atoms with van der Waals surface area (Å²) in [5, 5.41) is -0.546. The Morgan fingerprint density at radius 1 is 1.19 bits per heavy atom. The fraction of sp³-hybridized carbons (Fsp3) is 0.538. The SMILES string of the molecule is COc1cc(C(Cl)CCOCC(F)(F)F)c(OC)cc1Br. The predicted molar refractivity (Wildman–Crippen MR) is 77.3 cm³/mol. The van der Waals surface area contributed by atoms with Crippen molar-refractivity contribution in [2.45, 2.75) is 18.0 Å². The highest BCUT2D eigenvalue weighted by atomic mass is 79.9. The van der Waals surface area contributed by atoms with Crippen molar-refractivity contribution in [3.8, 4) is 11.5 Å². The Bertz CT molecular complexity index is 469. The summed E-state index contributed by atoms with van der Waals surface area (Å²) in [7, 11) is 2.99. The zero-order valence-electron chi connectivity index (χ0n) is 11.5. The third-order valence-electron chi connectivity index (χ3n) is 2.62. The lowest BCUT2D eigenvalue weighted by molar-refractivity contribution is -0.174. The molecule has 0 aliphatic rings. The molecule has 0 N–H and O–H groups in total. The standard InChI is InChI=1S/C13H15BrClF3O3/c1-19-11-6-9(14)12(20-2)5-8(11)10(15)3-4-21-7-13(16,17)18/h5-6,10H,3-4,7H2,1-2H3. The Kier molecular flexibility index (Phi) is 7.09. The molecule has 0 aliphatic carbocycles. The van der Waals surface area contributed by atoms with Crippen LogP contribution in [-0.4, -0.2) is 33.6 Å². The van der Waals surface area contributed by atoms with E-state index < -0.39 is 18.2 Å². The maximum absolute atomic E-state index is 12.0. The van der Waals surface area contributed by atoms with Gasteiger partial charge in [-0.2, -0.15) is 13.2 Å².